The predicted octanol–water partition coefficient (Wildman–Crippen LogP) is 3.99. The molecule has 0 heterocycles. The minimum atomic E-state index is -0.990. The van der Waals surface area contributed by atoms with Crippen molar-refractivity contribution in [1.82, 2.24) is 15.5 Å². The van der Waals surface area contributed by atoms with Gasteiger partial charge in [0.25, 0.3) is 0 Å². The van der Waals surface area contributed by atoms with Crippen molar-refractivity contribution in [2.24, 2.45) is 0 Å². The van der Waals surface area contributed by atoms with Crippen LogP contribution in [0, 0.1) is 0 Å². The maximum absolute atomic E-state index is 13.9. The third-order valence-electron chi connectivity index (χ3n) is 5.38. The van der Waals surface area contributed by atoms with Crippen LogP contribution in [0.25, 0.3) is 0 Å². The lowest BCUT2D eigenvalue weighted by Crippen LogP contribution is -2.54. The number of nitrogens with zero attached hydrogens (tertiary/aromatic N) is 1. The van der Waals surface area contributed by atoms with Gasteiger partial charge in [0.2, 0.25) is 11.8 Å². The van der Waals surface area contributed by atoms with Gasteiger partial charge in [0.15, 0.2) is 0 Å². The number of aromatic hydroxyl groups is 1. The second-order valence-electron chi connectivity index (χ2n) is 9.56. The molecule has 34 heavy (non-hydrogen) atoms. The Morgan fingerprint density at radius 3 is 2.47 bits per heavy atom. The van der Waals surface area contributed by atoms with Crippen LogP contribution < -0.4 is 10.6 Å². The highest BCUT2D eigenvalue weighted by atomic mass is 32.2. The third-order valence-corrected chi connectivity index (χ3v) is 6.03. The summed E-state index contributed by atoms with van der Waals surface area (Å²) < 4.78 is 5.38. The number of thioether (sulfide) groups is 1. The summed E-state index contributed by atoms with van der Waals surface area (Å²) in [7, 11) is 0. The van der Waals surface area contributed by atoms with Gasteiger partial charge in [-0.3, -0.25) is 9.59 Å². The van der Waals surface area contributed by atoms with Crippen LogP contribution in [0.15, 0.2) is 24.3 Å². The maximum Gasteiger partial charge on any atom is 0.408 e. The molecule has 1 fully saturated rings. The molecule has 0 aliphatic heterocycles. The molecule has 2 rings (SSSR count). The Morgan fingerprint density at radius 1 is 1.24 bits per heavy atom. The Morgan fingerprint density at radius 2 is 1.91 bits per heavy atom. The molecule has 0 spiro atoms. The van der Waals surface area contributed by atoms with E-state index in [0.717, 1.165) is 25.7 Å². The fourth-order valence-corrected chi connectivity index (χ4v) is 4.09. The molecule has 8 nitrogen and oxygen atoms in total. The number of para-hydroxylation sites is 1. The molecular weight excluding hydrogens is 454 g/mol. The molecule has 1 aliphatic carbocycles. The molecule has 1 aromatic rings. The van der Waals surface area contributed by atoms with E-state index in [4.69, 9.17) is 4.74 Å². The van der Waals surface area contributed by atoms with Gasteiger partial charge in [-0.15, -0.1) is 0 Å². The molecule has 3 amide bonds. The first kappa shape index (κ1) is 27.8. The van der Waals surface area contributed by atoms with Gasteiger partial charge in [-0.05, 0) is 64.5 Å². The largest absolute Gasteiger partial charge is 0.508 e. The molecule has 1 aromatic carbocycles. The zero-order chi connectivity index (χ0) is 25.3. The molecule has 9 heteroatoms. The highest BCUT2D eigenvalue weighted by Crippen LogP contribution is 2.38. The molecule has 1 saturated carbocycles. The number of carbonyl (C=O) groups is 3. The second-order valence-corrected chi connectivity index (χ2v) is 10.5. The molecule has 190 valence electrons. The van der Waals surface area contributed by atoms with Crippen molar-refractivity contribution in [3.8, 4) is 5.75 Å². The van der Waals surface area contributed by atoms with E-state index in [0.29, 0.717) is 24.3 Å². The maximum atomic E-state index is 13.9. The molecule has 1 aliphatic rings. The van der Waals surface area contributed by atoms with Crippen LogP contribution in [0.5, 0.6) is 5.75 Å². The van der Waals surface area contributed by atoms with E-state index in [9.17, 15) is 19.5 Å². The quantitative estimate of drug-likeness (QED) is 0.380. The third kappa shape index (κ3) is 8.42. The molecule has 2 unspecified atom stereocenters. The monoisotopic (exact) mass is 493 g/mol. The number of phenols is 1. The number of rotatable bonds is 12. The summed E-state index contributed by atoms with van der Waals surface area (Å²) in [5.74, 6) is -0.0796. The van der Waals surface area contributed by atoms with Crippen LogP contribution in [-0.2, 0) is 14.3 Å². The zero-order valence-electron chi connectivity index (χ0n) is 20.9. The number of ether oxygens (including phenoxy) is 1. The first-order valence-corrected chi connectivity index (χ1v) is 13.3. The first-order chi connectivity index (χ1) is 16.1. The van der Waals surface area contributed by atoms with Gasteiger partial charge in [-0.2, -0.15) is 11.8 Å². The number of hydrogen-bond donors (Lipinski definition) is 3. The van der Waals surface area contributed by atoms with Gasteiger partial charge in [-0.1, -0.05) is 31.5 Å². The highest BCUT2D eigenvalue weighted by molar-refractivity contribution is 7.98. The van der Waals surface area contributed by atoms with Gasteiger partial charge < -0.3 is 25.4 Å². The van der Waals surface area contributed by atoms with Gasteiger partial charge in [-0.25, -0.2) is 4.79 Å². The Hall–Kier alpha value is -2.42. The number of hydrogen-bond acceptors (Lipinski definition) is 6. The van der Waals surface area contributed by atoms with E-state index in [1.54, 1.807) is 55.6 Å². The molecule has 0 radical (unpaired) electrons. The molecule has 0 saturated heterocycles. The number of amides is 3. The SMILES string of the molecule is CCCCNC(=O)C(c1ccccc1O)N(C(=O)C(CCSC)NC(=O)OC(C)(C)C)C1CC1. The Kier molecular flexibility index (Phi) is 10.5. The van der Waals surface area contributed by atoms with Crippen molar-refractivity contribution >= 4 is 29.7 Å². The van der Waals surface area contributed by atoms with Gasteiger partial charge in [0.1, 0.15) is 23.4 Å². The van der Waals surface area contributed by atoms with Crippen molar-refractivity contribution in [3.05, 3.63) is 29.8 Å². The van der Waals surface area contributed by atoms with Crippen molar-refractivity contribution in [1.29, 1.82) is 0 Å². The Bertz CT molecular complexity index is 838. The fourth-order valence-electron chi connectivity index (χ4n) is 3.61. The first-order valence-electron chi connectivity index (χ1n) is 11.9. The summed E-state index contributed by atoms with van der Waals surface area (Å²) in [6.07, 6.45) is 4.91. The van der Waals surface area contributed by atoms with Crippen molar-refractivity contribution in [3.63, 3.8) is 0 Å². The van der Waals surface area contributed by atoms with E-state index in [-0.39, 0.29) is 23.6 Å². The van der Waals surface area contributed by atoms with E-state index < -0.39 is 23.8 Å². The molecular formula is C25H39N3O5S. The molecule has 2 atom stereocenters. The zero-order valence-corrected chi connectivity index (χ0v) is 21.7. The summed E-state index contributed by atoms with van der Waals surface area (Å²) >= 11 is 1.57. The van der Waals surface area contributed by atoms with E-state index >= 15 is 0 Å². The van der Waals surface area contributed by atoms with Crippen LogP contribution in [-0.4, -0.2) is 64.2 Å². The molecule has 0 bridgehead atoms. The van der Waals surface area contributed by atoms with Crippen LogP contribution in [0.3, 0.4) is 0 Å². The van der Waals surface area contributed by atoms with Crippen molar-refractivity contribution < 1.29 is 24.2 Å². The summed E-state index contributed by atoms with van der Waals surface area (Å²) in [5.41, 5.74) is -0.331. The standard InChI is InChI=1S/C25H39N3O5S/c1-6-7-15-26-22(30)21(18-10-8-9-11-20(18)29)28(17-12-13-17)23(31)19(14-16-34-5)27-24(32)33-25(2,3)4/h8-11,17,19,21,29H,6-7,12-16H2,1-5H3,(H,26,30)(H,27,32). The number of carbonyl (C=O) groups excluding carboxylic acids is 3. The molecule has 0 aromatic heterocycles. The lowest BCUT2D eigenvalue weighted by atomic mass is 10.0. The van der Waals surface area contributed by atoms with E-state index in [2.05, 4.69) is 10.6 Å². The number of alkyl carbamates (subject to hydrolysis) is 1. The minimum Gasteiger partial charge on any atom is -0.508 e. The van der Waals surface area contributed by atoms with E-state index in [1.807, 2.05) is 13.2 Å². The van der Waals surface area contributed by atoms with Gasteiger partial charge in [0, 0.05) is 18.2 Å². The van der Waals surface area contributed by atoms with Gasteiger partial charge >= 0.3 is 6.09 Å². The number of benzene rings is 1. The summed E-state index contributed by atoms with van der Waals surface area (Å²) in [6.45, 7) is 7.80. The summed E-state index contributed by atoms with van der Waals surface area (Å²) in [5, 5.41) is 16.2. The van der Waals surface area contributed by atoms with E-state index in [1.165, 1.54) is 6.07 Å². The minimum absolute atomic E-state index is 0.0441. The summed E-state index contributed by atoms with van der Waals surface area (Å²) in [6, 6.07) is 4.63. The van der Waals surface area contributed by atoms with Crippen molar-refractivity contribution in [2.75, 3.05) is 18.6 Å². The molecule has 3 N–H and O–H groups in total. The fraction of sp³-hybridized carbons (Fsp3) is 0.640. The normalized spacial score (nSPS) is 15.2. The smallest absolute Gasteiger partial charge is 0.408 e. The lowest BCUT2D eigenvalue weighted by molar-refractivity contribution is -0.143. The lowest BCUT2D eigenvalue weighted by Gasteiger charge is -2.35. The van der Waals surface area contributed by atoms with Crippen LogP contribution in [0.4, 0.5) is 4.79 Å². The average molecular weight is 494 g/mol. The van der Waals surface area contributed by atoms with Crippen LogP contribution in [0.2, 0.25) is 0 Å². The number of unbranched alkanes of at least 4 members (excludes halogenated alkanes) is 1. The average Bonchev–Trinajstić information content (AvgIpc) is 3.59. The summed E-state index contributed by atoms with van der Waals surface area (Å²) in [4.78, 5) is 41.3. The Balaban J connectivity index is 2.39. The predicted molar refractivity (Wildman–Crippen MR) is 135 cm³/mol. The van der Waals surface area contributed by atoms with Crippen LogP contribution in [0.1, 0.15) is 71.4 Å². The highest BCUT2D eigenvalue weighted by Gasteiger charge is 2.44. The topological polar surface area (TPSA) is 108 Å². The Labute approximate surface area is 207 Å². The van der Waals surface area contributed by atoms with Crippen molar-refractivity contribution in [2.45, 2.75) is 83.5 Å². The van der Waals surface area contributed by atoms with Gasteiger partial charge in [0.05, 0.1) is 0 Å². The van der Waals surface area contributed by atoms with Crippen LogP contribution >= 0.6 is 11.8 Å². The number of phenolic OH excluding ortho intramolecular Hbond substituents is 1. The number of nitrogens with one attached hydrogen (secondary N) is 2. The second kappa shape index (κ2) is 12.9.